The van der Waals surface area contributed by atoms with Crippen molar-refractivity contribution in [1.82, 2.24) is 4.90 Å². The Kier molecular flexibility index (Phi) is 7.50. The smallest absolute Gasteiger partial charge is 0.295 e. The van der Waals surface area contributed by atoms with Gasteiger partial charge in [0.05, 0.1) is 24.3 Å². The van der Waals surface area contributed by atoms with Gasteiger partial charge in [0.25, 0.3) is 11.7 Å². The van der Waals surface area contributed by atoms with Crippen LogP contribution in [0.25, 0.3) is 5.76 Å². The zero-order valence-electron chi connectivity index (χ0n) is 20.4. The molecule has 0 aromatic heterocycles. The summed E-state index contributed by atoms with van der Waals surface area (Å²) in [6, 6.07) is 19.5. The number of hydrogen-bond acceptors (Lipinski definition) is 5. The molecule has 0 spiro atoms. The number of amides is 1. The Labute approximate surface area is 209 Å². The van der Waals surface area contributed by atoms with E-state index in [0.717, 1.165) is 0 Å². The van der Waals surface area contributed by atoms with Gasteiger partial charge in [-0.1, -0.05) is 30.3 Å². The summed E-state index contributed by atoms with van der Waals surface area (Å²) in [6.07, 6.45) is -0.0509. The van der Waals surface area contributed by atoms with Crippen LogP contribution in [0.4, 0.5) is 4.39 Å². The van der Waals surface area contributed by atoms with Crippen molar-refractivity contribution >= 4 is 17.4 Å². The Morgan fingerprint density at radius 2 is 1.72 bits per heavy atom. The van der Waals surface area contributed by atoms with Gasteiger partial charge < -0.3 is 19.5 Å². The number of aliphatic hydroxyl groups is 1. The molecule has 1 N–H and O–H groups in total. The minimum atomic E-state index is -0.870. The molecule has 1 atom stereocenters. The maximum atomic E-state index is 13.9. The van der Waals surface area contributed by atoms with Gasteiger partial charge in [-0.3, -0.25) is 9.59 Å². The van der Waals surface area contributed by atoms with E-state index >= 15 is 0 Å². The molecule has 3 aromatic rings. The topological polar surface area (TPSA) is 76.1 Å². The van der Waals surface area contributed by atoms with E-state index in [4.69, 9.17) is 9.47 Å². The van der Waals surface area contributed by atoms with Gasteiger partial charge in [-0.2, -0.15) is 0 Å². The second-order valence-corrected chi connectivity index (χ2v) is 8.86. The maximum Gasteiger partial charge on any atom is 0.295 e. The standard InChI is InChI=1S/C29H28FNO5/c1-18(2)35-15-14-31-26(20-8-7-11-23(17-20)36-22-9-5-4-6-10-22)25(28(33)29(31)34)27(32)21-12-13-24(30)19(3)16-21/h4-13,16-18,26,32H,14-15H2,1-3H3/b27-25-. The lowest BCUT2D eigenvalue weighted by Crippen LogP contribution is -2.33. The number of aryl methyl sites for hydroxylation is 1. The van der Waals surface area contributed by atoms with Crippen molar-refractivity contribution in [3.05, 3.63) is 101 Å². The van der Waals surface area contributed by atoms with Crippen LogP contribution in [-0.4, -0.2) is 41.0 Å². The molecule has 186 valence electrons. The molecule has 0 saturated carbocycles. The normalized spacial score (nSPS) is 17.1. The van der Waals surface area contributed by atoms with E-state index in [1.807, 2.05) is 44.2 Å². The molecule has 1 fully saturated rings. The Balaban J connectivity index is 1.79. The fraction of sp³-hybridized carbons (Fsp3) is 0.241. The van der Waals surface area contributed by atoms with E-state index in [1.54, 1.807) is 31.2 Å². The molecule has 3 aromatic carbocycles. The third-order valence-electron chi connectivity index (χ3n) is 5.91. The molecule has 1 heterocycles. The number of ether oxygens (including phenoxy) is 2. The van der Waals surface area contributed by atoms with Gasteiger partial charge in [-0.25, -0.2) is 4.39 Å². The van der Waals surface area contributed by atoms with Gasteiger partial charge in [-0.15, -0.1) is 0 Å². The zero-order valence-corrected chi connectivity index (χ0v) is 20.4. The first kappa shape index (κ1) is 25.1. The monoisotopic (exact) mass is 489 g/mol. The van der Waals surface area contributed by atoms with Crippen molar-refractivity contribution in [3.8, 4) is 11.5 Å². The average molecular weight is 490 g/mol. The van der Waals surface area contributed by atoms with Crippen molar-refractivity contribution in [2.24, 2.45) is 0 Å². The second kappa shape index (κ2) is 10.7. The lowest BCUT2D eigenvalue weighted by atomic mass is 9.94. The van der Waals surface area contributed by atoms with Gasteiger partial charge in [0.1, 0.15) is 23.1 Å². The fourth-order valence-corrected chi connectivity index (χ4v) is 4.16. The predicted octanol–water partition coefficient (Wildman–Crippen LogP) is 5.77. The Bertz CT molecular complexity index is 1300. The minimum absolute atomic E-state index is 0.0509. The van der Waals surface area contributed by atoms with Gasteiger partial charge in [0, 0.05) is 12.1 Å². The molecule has 0 radical (unpaired) electrons. The van der Waals surface area contributed by atoms with E-state index in [1.165, 1.54) is 23.1 Å². The molecule has 1 aliphatic heterocycles. The van der Waals surface area contributed by atoms with Crippen LogP contribution in [0.3, 0.4) is 0 Å². The first-order valence-electron chi connectivity index (χ1n) is 11.8. The van der Waals surface area contributed by atoms with Gasteiger partial charge >= 0.3 is 0 Å². The summed E-state index contributed by atoms with van der Waals surface area (Å²) >= 11 is 0. The van der Waals surface area contributed by atoms with E-state index < -0.39 is 23.5 Å². The van der Waals surface area contributed by atoms with E-state index in [0.29, 0.717) is 22.6 Å². The van der Waals surface area contributed by atoms with Gasteiger partial charge in [0.15, 0.2) is 0 Å². The highest BCUT2D eigenvalue weighted by molar-refractivity contribution is 6.46. The third-order valence-corrected chi connectivity index (χ3v) is 5.91. The molecule has 4 rings (SSSR count). The quantitative estimate of drug-likeness (QED) is 0.247. The van der Waals surface area contributed by atoms with Crippen molar-refractivity contribution in [2.75, 3.05) is 13.2 Å². The average Bonchev–Trinajstić information content (AvgIpc) is 3.11. The second-order valence-electron chi connectivity index (χ2n) is 8.86. The van der Waals surface area contributed by atoms with Gasteiger partial charge in [0.2, 0.25) is 0 Å². The molecule has 1 unspecified atom stereocenters. The summed E-state index contributed by atoms with van der Waals surface area (Å²) in [4.78, 5) is 27.7. The van der Waals surface area contributed by atoms with E-state index in [-0.39, 0.29) is 36.2 Å². The number of benzene rings is 3. The van der Waals surface area contributed by atoms with E-state index in [2.05, 4.69) is 0 Å². The number of ketones is 1. The van der Waals surface area contributed by atoms with Gasteiger partial charge in [-0.05, 0) is 74.4 Å². The largest absolute Gasteiger partial charge is 0.507 e. The molecule has 0 bridgehead atoms. The number of likely N-dealkylation sites (tertiary alicyclic amines) is 1. The summed E-state index contributed by atoms with van der Waals surface area (Å²) in [5.74, 6) is -1.18. The summed E-state index contributed by atoms with van der Waals surface area (Å²) < 4.78 is 25.4. The molecule has 36 heavy (non-hydrogen) atoms. The van der Waals surface area contributed by atoms with Crippen LogP contribution in [-0.2, 0) is 14.3 Å². The lowest BCUT2D eigenvalue weighted by Gasteiger charge is -2.26. The van der Waals surface area contributed by atoms with Crippen molar-refractivity contribution in [1.29, 1.82) is 0 Å². The summed E-state index contributed by atoms with van der Waals surface area (Å²) in [5, 5.41) is 11.2. The van der Waals surface area contributed by atoms with Crippen LogP contribution in [0.2, 0.25) is 0 Å². The lowest BCUT2D eigenvalue weighted by molar-refractivity contribution is -0.140. The maximum absolute atomic E-state index is 13.9. The fourth-order valence-electron chi connectivity index (χ4n) is 4.16. The van der Waals surface area contributed by atoms with Crippen LogP contribution in [0.15, 0.2) is 78.4 Å². The number of para-hydroxylation sites is 1. The number of carbonyl (C=O) groups excluding carboxylic acids is 2. The highest BCUT2D eigenvalue weighted by atomic mass is 19.1. The Hall–Kier alpha value is -3.97. The van der Waals surface area contributed by atoms with Crippen LogP contribution >= 0.6 is 0 Å². The van der Waals surface area contributed by atoms with Crippen molar-refractivity contribution < 1.29 is 28.6 Å². The highest BCUT2D eigenvalue weighted by Crippen LogP contribution is 2.40. The van der Waals surface area contributed by atoms with Crippen LogP contribution in [0, 0.1) is 12.7 Å². The number of carbonyl (C=O) groups is 2. The SMILES string of the molecule is Cc1cc(/C(O)=C2/C(=O)C(=O)N(CCOC(C)C)C2c2cccc(Oc3ccccc3)c2)ccc1F. The number of aliphatic hydroxyl groups excluding tert-OH is 1. The number of halogens is 1. The molecule has 7 heteroatoms. The Morgan fingerprint density at radius 1 is 1.00 bits per heavy atom. The van der Waals surface area contributed by atoms with E-state index in [9.17, 15) is 19.1 Å². The Morgan fingerprint density at radius 3 is 2.42 bits per heavy atom. The summed E-state index contributed by atoms with van der Waals surface area (Å²) in [7, 11) is 0. The molecule has 1 saturated heterocycles. The number of rotatable bonds is 8. The van der Waals surface area contributed by atoms with Crippen molar-refractivity contribution in [2.45, 2.75) is 32.9 Å². The first-order valence-corrected chi connectivity index (χ1v) is 11.8. The molecular weight excluding hydrogens is 461 g/mol. The van der Waals surface area contributed by atoms with Crippen LogP contribution in [0.1, 0.15) is 36.6 Å². The molecule has 1 amide bonds. The highest BCUT2D eigenvalue weighted by Gasteiger charge is 2.46. The number of Topliss-reactive ketones (excluding diaryl/α,β-unsaturated/α-hetero) is 1. The molecular formula is C29H28FNO5. The number of hydrogen-bond donors (Lipinski definition) is 1. The first-order chi connectivity index (χ1) is 17.3. The summed E-state index contributed by atoms with van der Waals surface area (Å²) in [6.45, 7) is 5.70. The van der Waals surface area contributed by atoms with Crippen molar-refractivity contribution in [3.63, 3.8) is 0 Å². The number of nitrogens with zero attached hydrogens (tertiary/aromatic N) is 1. The predicted molar refractivity (Wildman–Crippen MR) is 134 cm³/mol. The van der Waals surface area contributed by atoms with Crippen LogP contribution in [0.5, 0.6) is 11.5 Å². The zero-order chi connectivity index (χ0) is 25.8. The minimum Gasteiger partial charge on any atom is -0.507 e. The molecule has 1 aliphatic rings. The third kappa shape index (κ3) is 5.31. The molecule has 6 nitrogen and oxygen atoms in total. The molecule has 0 aliphatic carbocycles. The summed E-state index contributed by atoms with van der Waals surface area (Å²) in [5.41, 5.74) is 1.10. The van der Waals surface area contributed by atoms with Crippen LogP contribution < -0.4 is 4.74 Å².